The fraction of sp³-hybridized carbons (Fsp3) is 0.364. The van der Waals surface area contributed by atoms with E-state index in [4.69, 9.17) is 16.3 Å². The monoisotopic (exact) mass is 385 g/mol. The average molecular weight is 386 g/mol. The zero-order valence-electron chi connectivity index (χ0n) is 15.5. The van der Waals surface area contributed by atoms with Crippen molar-refractivity contribution in [2.45, 2.75) is 19.3 Å². The number of nitrogens with zero attached hydrogens (tertiary/aromatic N) is 1. The third-order valence-electron chi connectivity index (χ3n) is 5.19. The van der Waals surface area contributed by atoms with Crippen molar-refractivity contribution in [1.29, 1.82) is 0 Å². The van der Waals surface area contributed by atoms with Gasteiger partial charge in [0.05, 0.1) is 19.1 Å². The predicted molar refractivity (Wildman–Crippen MR) is 106 cm³/mol. The molecule has 142 valence electrons. The van der Waals surface area contributed by atoms with E-state index in [1.807, 2.05) is 54.6 Å². The van der Waals surface area contributed by atoms with Gasteiger partial charge in [0, 0.05) is 17.1 Å². The molecule has 5 heteroatoms. The van der Waals surface area contributed by atoms with E-state index in [-0.39, 0.29) is 11.8 Å². The predicted octanol–water partition coefficient (Wildman–Crippen LogP) is 4.02. The summed E-state index contributed by atoms with van der Waals surface area (Å²) in [5.41, 5.74) is 1.10. The van der Waals surface area contributed by atoms with Crippen LogP contribution in [0.4, 0.5) is 0 Å². The van der Waals surface area contributed by atoms with Crippen molar-refractivity contribution in [3.8, 4) is 0 Å². The molecule has 1 fully saturated rings. The molecule has 1 aliphatic rings. The number of methoxy groups -OCH3 is 1. The summed E-state index contributed by atoms with van der Waals surface area (Å²) in [5, 5.41) is 0.671. The van der Waals surface area contributed by atoms with Crippen LogP contribution in [-0.4, -0.2) is 43.4 Å². The molecule has 0 saturated carbocycles. The molecule has 2 aromatic carbocycles. The number of likely N-dealkylation sites (tertiary alicyclic amines) is 1. The number of halogens is 1. The summed E-state index contributed by atoms with van der Waals surface area (Å²) in [6.07, 6.45) is 2.18. The normalized spacial score (nSPS) is 20.2. The van der Waals surface area contributed by atoms with Gasteiger partial charge in [0.25, 0.3) is 0 Å². The number of Topliss-reactive ketones (excluding diaryl/α,β-unsaturated/α-hetero) is 1. The SMILES string of the molecule is COC(=O)C1(Cc2ccc(Cl)cc2)CCCN(CC(=O)c2ccccc2)C1. The van der Waals surface area contributed by atoms with Crippen LogP contribution in [0.1, 0.15) is 28.8 Å². The Balaban J connectivity index is 1.76. The third kappa shape index (κ3) is 4.76. The molecule has 0 bridgehead atoms. The molecule has 0 spiro atoms. The summed E-state index contributed by atoms with van der Waals surface area (Å²) < 4.78 is 5.15. The Morgan fingerprint density at radius 1 is 1.11 bits per heavy atom. The van der Waals surface area contributed by atoms with E-state index in [0.717, 1.165) is 24.9 Å². The molecule has 0 aromatic heterocycles. The minimum Gasteiger partial charge on any atom is -0.469 e. The van der Waals surface area contributed by atoms with E-state index in [2.05, 4.69) is 4.90 Å². The molecule has 1 atom stereocenters. The molecule has 0 amide bonds. The summed E-state index contributed by atoms with van der Waals surface area (Å²) >= 11 is 5.98. The van der Waals surface area contributed by atoms with Crippen LogP contribution in [-0.2, 0) is 16.0 Å². The molecule has 0 aliphatic carbocycles. The van der Waals surface area contributed by atoms with Gasteiger partial charge in [-0.15, -0.1) is 0 Å². The van der Waals surface area contributed by atoms with E-state index in [0.29, 0.717) is 30.1 Å². The van der Waals surface area contributed by atoms with Crippen LogP contribution in [0.2, 0.25) is 5.02 Å². The quantitative estimate of drug-likeness (QED) is 0.556. The first-order valence-electron chi connectivity index (χ1n) is 9.16. The second kappa shape index (κ2) is 8.68. The maximum atomic E-state index is 12.7. The Morgan fingerprint density at radius 2 is 1.81 bits per heavy atom. The fourth-order valence-corrected chi connectivity index (χ4v) is 4.00. The van der Waals surface area contributed by atoms with Crippen molar-refractivity contribution in [3.63, 3.8) is 0 Å². The lowest BCUT2D eigenvalue weighted by Crippen LogP contribution is -2.50. The Bertz CT molecular complexity index is 791. The third-order valence-corrected chi connectivity index (χ3v) is 5.45. The maximum Gasteiger partial charge on any atom is 0.313 e. The molecule has 1 heterocycles. The lowest BCUT2D eigenvalue weighted by Gasteiger charge is -2.40. The molecule has 0 radical (unpaired) electrons. The van der Waals surface area contributed by atoms with E-state index >= 15 is 0 Å². The molecule has 1 saturated heterocycles. The largest absolute Gasteiger partial charge is 0.469 e. The van der Waals surface area contributed by atoms with Gasteiger partial charge in [-0.2, -0.15) is 0 Å². The number of rotatable bonds is 6. The van der Waals surface area contributed by atoms with Gasteiger partial charge in [-0.3, -0.25) is 14.5 Å². The summed E-state index contributed by atoms with van der Waals surface area (Å²) in [7, 11) is 1.43. The first-order valence-corrected chi connectivity index (χ1v) is 9.54. The number of piperidine rings is 1. The lowest BCUT2D eigenvalue weighted by molar-refractivity contribution is -0.156. The number of ether oxygens (including phenoxy) is 1. The zero-order valence-corrected chi connectivity index (χ0v) is 16.2. The maximum absolute atomic E-state index is 12.7. The van der Waals surface area contributed by atoms with Crippen LogP contribution in [0.5, 0.6) is 0 Å². The molecule has 4 nitrogen and oxygen atoms in total. The number of hydrogen-bond donors (Lipinski definition) is 0. The van der Waals surface area contributed by atoms with E-state index in [9.17, 15) is 9.59 Å². The number of carbonyl (C=O) groups excluding carboxylic acids is 2. The van der Waals surface area contributed by atoms with Gasteiger partial charge in [-0.25, -0.2) is 0 Å². The van der Waals surface area contributed by atoms with Gasteiger partial charge >= 0.3 is 5.97 Å². The molecule has 3 rings (SSSR count). The second-order valence-electron chi connectivity index (χ2n) is 7.18. The van der Waals surface area contributed by atoms with Crippen LogP contribution in [0, 0.1) is 5.41 Å². The number of esters is 1. The highest BCUT2D eigenvalue weighted by molar-refractivity contribution is 6.30. The Kier molecular flexibility index (Phi) is 6.30. The van der Waals surface area contributed by atoms with Crippen LogP contribution in [0.15, 0.2) is 54.6 Å². The second-order valence-corrected chi connectivity index (χ2v) is 7.62. The minimum absolute atomic E-state index is 0.0720. The van der Waals surface area contributed by atoms with Crippen LogP contribution in [0.25, 0.3) is 0 Å². The summed E-state index contributed by atoms with van der Waals surface area (Å²) in [5.74, 6) is -0.142. The van der Waals surface area contributed by atoms with Gasteiger partial charge in [0.2, 0.25) is 0 Å². The Labute approximate surface area is 165 Å². The van der Waals surface area contributed by atoms with Gasteiger partial charge in [-0.1, -0.05) is 54.1 Å². The zero-order chi connectivity index (χ0) is 19.3. The smallest absolute Gasteiger partial charge is 0.313 e. The molecule has 1 unspecified atom stereocenters. The Morgan fingerprint density at radius 3 is 2.48 bits per heavy atom. The highest BCUT2D eigenvalue weighted by Crippen LogP contribution is 2.35. The summed E-state index contributed by atoms with van der Waals surface area (Å²) in [6.45, 7) is 1.63. The summed E-state index contributed by atoms with van der Waals surface area (Å²) in [4.78, 5) is 27.4. The number of ketones is 1. The number of carbonyl (C=O) groups is 2. The minimum atomic E-state index is -0.641. The average Bonchev–Trinajstić information content (AvgIpc) is 2.70. The number of benzene rings is 2. The van der Waals surface area contributed by atoms with Crippen molar-refractivity contribution in [2.75, 3.05) is 26.7 Å². The highest BCUT2D eigenvalue weighted by atomic mass is 35.5. The fourth-order valence-electron chi connectivity index (χ4n) is 3.87. The van der Waals surface area contributed by atoms with E-state index in [1.54, 1.807) is 0 Å². The van der Waals surface area contributed by atoms with Crippen molar-refractivity contribution < 1.29 is 14.3 Å². The topological polar surface area (TPSA) is 46.6 Å². The van der Waals surface area contributed by atoms with Crippen molar-refractivity contribution >= 4 is 23.4 Å². The molecule has 2 aromatic rings. The van der Waals surface area contributed by atoms with Crippen LogP contribution < -0.4 is 0 Å². The molecule has 27 heavy (non-hydrogen) atoms. The molecule has 1 aliphatic heterocycles. The first-order chi connectivity index (χ1) is 13.0. The van der Waals surface area contributed by atoms with Crippen molar-refractivity contribution in [1.82, 2.24) is 4.90 Å². The summed E-state index contributed by atoms with van der Waals surface area (Å²) in [6, 6.07) is 16.8. The van der Waals surface area contributed by atoms with Crippen LogP contribution in [0.3, 0.4) is 0 Å². The lowest BCUT2D eigenvalue weighted by atomic mass is 9.75. The highest BCUT2D eigenvalue weighted by Gasteiger charge is 2.43. The van der Waals surface area contributed by atoms with Gasteiger partial charge in [0.1, 0.15) is 0 Å². The van der Waals surface area contributed by atoms with Crippen molar-refractivity contribution in [3.05, 3.63) is 70.7 Å². The van der Waals surface area contributed by atoms with Gasteiger partial charge in [-0.05, 0) is 43.5 Å². The molecular formula is C22H24ClNO3. The van der Waals surface area contributed by atoms with E-state index < -0.39 is 5.41 Å². The molecule has 0 N–H and O–H groups in total. The van der Waals surface area contributed by atoms with Crippen LogP contribution >= 0.6 is 11.6 Å². The Hall–Kier alpha value is -2.17. The van der Waals surface area contributed by atoms with Gasteiger partial charge < -0.3 is 4.74 Å². The van der Waals surface area contributed by atoms with E-state index in [1.165, 1.54) is 7.11 Å². The van der Waals surface area contributed by atoms with Gasteiger partial charge in [0.15, 0.2) is 5.78 Å². The molecular weight excluding hydrogens is 362 g/mol. The standard InChI is InChI=1S/C22H24ClNO3/c1-27-21(26)22(14-17-8-10-19(23)11-9-17)12-5-13-24(16-22)15-20(25)18-6-3-2-4-7-18/h2-4,6-11H,5,12-16H2,1H3. The number of hydrogen-bond acceptors (Lipinski definition) is 4. The first kappa shape index (κ1) is 19.6. The van der Waals surface area contributed by atoms with Crippen molar-refractivity contribution in [2.24, 2.45) is 5.41 Å².